The Morgan fingerprint density at radius 1 is 1.35 bits per heavy atom. The van der Waals surface area contributed by atoms with E-state index in [9.17, 15) is 5.26 Å². The van der Waals surface area contributed by atoms with Crippen molar-refractivity contribution >= 4 is 35.0 Å². The van der Waals surface area contributed by atoms with E-state index in [4.69, 9.17) is 28.2 Å². The smallest absolute Gasteiger partial charge is 0.114 e. The minimum Gasteiger partial charge on any atom is -0.333 e. The monoisotopic (exact) mass is 364 g/mol. The summed E-state index contributed by atoms with van der Waals surface area (Å²) < 4.78 is 0. The molecule has 6 heteroatoms. The second-order valence-corrected chi connectivity index (χ2v) is 7.46. The number of halogens is 2. The highest BCUT2D eigenvalue weighted by molar-refractivity contribution is 7.98. The van der Waals surface area contributed by atoms with Crippen LogP contribution in [-0.2, 0) is 18.7 Å². The van der Waals surface area contributed by atoms with Gasteiger partial charge in [0.05, 0.1) is 24.8 Å². The predicted molar refractivity (Wildman–Crippen MR) is 94.1 cm³/mol. The lowest BCUT2D eigenvalue weighted by molar-refractivity contribution is -0.895. The zero-order valence-corrected chi connectivity index (χ0v) is 15.0. The molecule has 0 spiro atoms. The number of benzene rings is 1. The van der Waals surface area contributed by atoms with Gasteiger partial charge in [0.2, 0.25) is 0 Å². The summed E-state index contributed by atoms with van der Waals surface area (Å²) in [6.45, 7) is 2.00. The molecule has 118 valence electrons. The molecule has 1 aliphatic heterocycles. The number of quaternary nitrogens is 1. The fraction of sp³-hybridized carbons (Fsp3) is 0.294. The second kappa shape index (κ2) is 7.11. The first-order valence-electron chi connectivity index (χ1n) is 7.38. The van der Waals surface area contributed by atoms with Crippen LogP contribution in [0.1, 0.15) is 22.4 Å². The number of hydrogen-bond donors (Lipinski definition) is 1. The first kappa shape index (κ1) is 16.6. The van der Waals surface area contributed by atoms with Gasteiger partial charge in [0.15, 0.2) is 0 Å². The normalized spacial score (nSPS) is 16.7. The Hall–Kier alpha value is -1.25. The molecule has 0 fully saturated rings. The van der Waals surface area contributed by atoms with Crippen molar-refractivity contribution in [2.75, 3.05) is 13.6 Å². The molecule has 1 aromatic heterocycles. The second-order valence-electron chi connectivity index (χ2n) is 5.68. The van der Waals surface area contributed by atoms with E-state index in [0.717, 1.165) is 35.8 Å². The molecule has 1 aliphatic rings. The van der Waals surface area contributed by atoms with Crippen molar-refractivity contribution < 1.29 is 4.90 Å². The summed E-state index contributed by atoms with van der Waals surface area (Å²) in [5.74, 6) is 0.601. The van der Waals surface area contributed by atoms with E-state index in [1.54, 1.807) is 0 Å². The van der Waals surface area contributed by atoms with Crippen molar-refractivity contribution in [3.63, 3.8) is 0 Å². The van der Waals surface area contributed by atoms with Crippen LogP contribution in [-0.4, -0.2) is 18.6 Å². The molecule has 23 heavy (non-hydrogen) atoms. The number of hydrogen-bond acceptors (Lipinski definition) is 3. The summed E-state index contributed by atoms with van der Waals surface area (Å²) in [6.07, 6.45) is 0.952. The average Bonchev–Trinajstić information content (AvgIpc) is 2.53. The van der Waals surface area contributed by atoms with Crippen LogP contribution in [0, 0.1) is 11.3 Å². The molecule has 3 rings (SSSR count). The van der Waals surface area contributed by atoms with Gasteiger partial charge in [-0.05, 0) is 23.8 Å². The lowest BCUT2D eigenvalue weighted by atomic mass is 10.0. The van der Waals surface area contributed by atoms with Gasteiger partial charge < -0.3 is 4.90 Å². The van der Waals surface area contributed by atoms with E-state index < -0.39 is 0 Å². The van der Waals surface area contributed by atoms with Gasteiger partial charge in [-0.1, -0.05) is 29.3 Å². The minimum atomic E-state index is 0.601. The number of nitrogens with zero attached hydrogens (tertiary/aromatic N) is 2. The standard InChI is InChI=1S/C17H15Cl2N3S/c1-22-6-5-16-12(9-22)7-11(8-20)17(21-16)23-10-13-14(18)3-2-4-15(13)19/h2-4,7H,5-6,9-10H2,1H3/p+1. The molecule has 2 aromatic rings. The molecule has 0 aliphatic carbocycles. The Bertz CT molecular complexity index is 766. The summed E-state index contributed by atoms with van der Waals surface area (Å²) in [5, 5.41) is 11.5. The van der Waals surface area contributed by atoms with Crippen LogP contribution in [0.5, 0.6) is 0 Å². The van der Waals surface area contributed by atoms with Crippen LogP contribution >= 0.6 is 35.0 Å². The van der Waals surface area contributed by atoms with Gasteiger partial charge in [0, 0.05) is 27.8 Å². The van der Waals surface area contributed by atoms with Crippen LogP contribution in [0.3, 0.4) is 0 Å². The number of pyridine rings is 1. The van der Waals surface area contributed by atoms with Crippen molar-refractivity contribution in [3.8, 4) is 6.07 Å². The Kier molecular flexibility index (Phi) is 5.13. The topological polar surface area (TPSA) is 41.1 Å². The van der Waals surface area contributed by atoms with E-state index in [2.05, 4.69) is 13.1 Å². The number of nitriles is 1. The van der Waals surface area contributed by atoms with Gasteiger partial charge in [-0.15, -0.1) is 11.8 Å². The number of rotatable bonds is 3. The lowest BCUT2D eigenvalue weighted by Gasteiger charge is -2.22. The Labute approximate surface area is 150 Å². The van der Waals surface area contributed by atoms with E-state index in [1.807, 2.05) is 24.3 Å². The van der Waals surface area contributed by atoms with Gasteiger partial charge in [0.25, 0.3) is 0 Å². The van der Waals surface area contributed by atoms with Crippen molar-refractivity contribution in [3.05, 3.63) is 56.7 Å². The molecule has 0 radical (unpaired) electrons. The SMILES string of the molecule is C[NH+]1CCc2nc(SCc3c(Cl)cccc3Cl)c(C#N)cc2C1. The van der Waals surface area contributed by atoms with Crippen LogP contribution < -0.4 is 4.90 Å². The molecule has 1 aromatic carbocycles. The third-order valence-corrected chi connectivity index (χ3v) is 5.70. The molecule has 1 N–H and O–H groups in total. The number of thioether (sulfide) groups is 1. The van der Waals surface area contributed by atoms with Crippen LogP contribution in [0.4, 0.5) is 0 Å². The van der Waals surface area contributed by atoms with E-state index in [1.165, 1.54) is 22.2 Å². The number of aromatic nitrogens is 1. The van der Waals surface area contributed by atoms with Crippen LogP contribution in [0.2, 0.25) is 10.0 Å². The van der Waals surface area contributed by atoms with E-state index >= 15 is 0 Å². The molecule has 0 saturated carbocycles. The first-order chi connectivity index (χ1) is 11.1. The Morgan fingerprint density at radius 2 is 2.09 bits per heavy atom. The number of likely N-dealkylation sites (N-methyl/N-ethyl adjacent to an activating group) is 1. The van der Waals surface area contributed by atoms with Gasteiger partial charge in [-0.2, -0.15) is 5.26 Å². The largest absolute Gasteiger partial charge is 0.333 e. The van der Waals surface area contributed by atoms with Crippen molar-refractivity contribution in [1.82, 2.24) is 4.98 Å². The van der Waals surface area contributed by atoms with E-state index in [-0.39, 0.29) is 0 Å². The predicted octanol–water partition coefficient (Wildman–Crippen LogP) is 3.12. The number of nitrogens with one attached hydrogen (secondary N) is 1. The maximum absolute atomic E-state index is 9.43. The Morgan fingerprint density at radius 3 is 2.78 bits per heavy atom. The molecule has 0 amide bonds. The summed E-state index contributed by atoms with van der Waals surface area (Å²) in [5.41, 5.74) is 3.81. The molecule has 1 atom stereocenters. The van der Waals surface area contributed by atoms with Crippen molar-refractivity contribution in [2.24, 2.45) is 0 Å². The maximum Gasteiger partial charge on any atom is 0.114 e. The van der Waals surface area contributed by atoms with Gasteiger partial charge in [0.1, 0.15) is 17.6 Å². The maximum atomic E-state index is 9.43. The quantitative estimate of drug-likeness (QED) is 0.850. The lowest BCUT2D eigenvalue weighted by Crippen LogP contribution is -3.08. The van der Waals surface area contributed by atoms with Crippen LogP contribution in [0.25, 0.3) is 0 Å². The molecule has 3 nitrogen and oxygen atoms in total. The highest BCUT2D eigenvalue weighted by Gasteiger charge is 2.20. The molecular weight excluding hydrogens is 349 g/mol. The Balaban J connectivity index is 1.87. The highest BCUT2D eigenvalue weighted by Crippen LogP contribution is 2.32. The summed E-state index contributed by atoms with van der Waals surface area (Å²) in [7, 11) is 2.16. The fourth-order valence-electron chi connectivity index (χ4n) is 2.69. The van der Waals surface area contributed by atoms with E-state index in [0.29, 0.717) is 21.4 Å². The van der Waals surface area contributed by atoms with Gasteiger partial charge in [-0.25, -0.2) is 4.98 Å². The first-order valence-corrected chi connectivity index (χ1v) is 9.12. The molecule has 0 bridgehead atoms. The van der Waals surface area contributed by atoms with Crippen molar-refractivity contribution in [2.45, 2.75) is 23.7 Å². The summed E-state index contributed by atoms with van der Waals surface area (Å²) >= 11 is 13.9. The fourth-order valence-corrected chi connectivity index (χ4v) is 4.41. The average molecular weight is 365 g/mol. The molecule has 1 unspecified atom stereocenters. The molecular formula is C17H16Cl2N3S+. The third-order valence-electron chi connectivity index (χ3n) is 3.97. The molecule has 2 heterocycles. The van der Waals surface area contributed by atoms with Crippen molar-refractivity contribution in [1.29, 1.82) is 5.26 Å². The van der Waals surface area contributed by atoms with Gasteiger partial charge >= 0.3 is 0 Å². The minimum absolute atomic E-state index is 0.601. The summed E-state index contributed by atoms with van der Waals surface area (Å²) in [4.78, 5) is 6.18. The molecule has 0 saturated heterocycles. The zero-order chi connectivity index (χ0) is 16.4. The zero-order valence-electron chi connectivity index (χ0n) is 12.7. The summed E-state index contributed by atoms with van der Waals surface area (Å²) in [6, 6.07) is 9.74. The number of fused-ring (bicyclic) bond motifs is 1. The third kappa shape index (κ3) is 3.64. The highest BCUT2D eigenvalue weighted by atomic mass is 35.5. The van der Waals surface area contributed by atoms with Gasteiger partial charge in [-0.3, -0.25) is 0 Å². The van der Waals surface area contributed by atoms with Crippen LogP contribution in [0.15, 0.2) is 29.3 Å².